The molecule has 1 aromatic rings. The number of hydrogen-bond donors (Lipinski definition) is 2. The van der Waals surface area contributed by atoms with Crippen LogP contribution in [0, 0.1) is 0 Å². The number of hydrogen-bond acceptors (Lipinski definition) is 4. The van der Waals surface area contributed by atoms with Gasteiger partial charge in [-0.05, 0) is 31.2 Å². The van der Waals surface area contributed by atoms with Crippen LogP contribution in [-0.2, 0) is 14.8 Å². The zero-order valence-electron chi connectivity index (χ0n) is 10.7. The fraction of sp³-hybridized carbons (Fsp3) is 0.364. The third-order valence-corrected chi connectivity index (χ3v) is 3.80. The molecular formula is C11H12F3NO5S. The molecule has 118 valence electrons. The number of nitrogens with one attached hydrogen (secondary N) is 1. The van der Waals surface area contributed by atoms with Crippen molar-refractivity contribution in [3.8, 4) is 5.75 Å². The molecule has 6 nitrogen and oxygen atoms in total. The van der Waals surface area contributed by atoms with Crippen LogP contribution >= 0.6 is 0 Å². The lowest BCUT2D eigenvalue weighted by Crippen LogP contribution is -2.38. The van der Waals surface area contributed by atoms with Gasteiger partial charge in [-0.25, -0.2) is 8.42 Å². The number of halogens is 3. The topological polar surface area (TPSA) is 92.7 Å². The van der Waals surface area contributed by atoms with Gasteiger partial charge in [0, 0.05) is 0 Å². The monoisotopic (exact) mass is 327 g/mol. The summed E-state index contributed by atoms with van der Waals surface area (Å²) in [5.41, 5.74) is 0. The number of carboxylic acid groups (broad SMARTS) is 1. The predicted octanol–water partition coefficient (Wildman–Crippen LogP) is 1.38. The van der Waals surface area contributed by atoms with Crippen LogP contribution in [0.2, 0.25) is 0 Å². The fourth-order valence-corrected chi connectivity index (χ4v) is 2.43. The molecule has 0 aromatic heterocycles. The number of aliphatic carboxylic acids is 1. The smallest absolute Gasteiger partial charge is 0.422 e. The van der Waals surface area contributed by atoms with Crippen LogP contribution in [-0.4, -0.2) is 38.3 Å². The molecule has 1 atom stereocenters. The molecule has 0 bridgehead atoms. The van der Waals surface area contributed by atoms with E-state index in [0.29, 0.717) is 0 Å². The van der Waals surface area contributed by atoms with Gasteiger partial charge in [0.25, 0.3) is 0 Å². The van der Waals surface area contributed by atoms with Gasteiger partial charge in [-0.15, -0.1) is 0 Å². The Kier molecular flexibility index (Phi) is 5.18. The molecule has 0 fully saturated rings. The van der Waals surface area contributed by atoms with Gasteiger partial charge in [-0.1, -0.05) is 0 Å². The summed E-state index contributed by atoms with van der Waals surface area (Å²) in [6, 6.07) is 2.79. The van der Waals surface area contributed by atoms with E-state index in [9.17, 15) is 26.4 Å². The third kappa shape index (κ3) is 5.60. The second-order valence-electron chi connectivity index (χ2n) is 4.06. The van der Waals surface area contributed by atoms with Crippen LogP contribution in [0.25, 0.3) is 0 Å². The lowest BCUT2D eigenvalue weighted by molar-refractivity contribution is -0.153. The summed E-state index contributed by atoms with van der Waals surface area (Å²) < 4.78 is 65.7. The molecule has 21 heavy (non-hydrogen) atoms. The average Bonchev–Trinajstić information content (AvgIpc) is 2.35. The molecule has 1 aromatic carbocycles. The number of benzene rings is 1. The Hall–Kier alpha value is -1.81. The van der Waals surface area contributed by atoms with Crippen LogP contribution in [0.4, 0.5) is 13.2 Å². The van der Waals surface area contributed by atoms with Crippen molar-refractivity contribution in [2.24, 2.45) is 0 Å². The standard InChI is InChI=1S/C11H12F3NO5S/c1-7(10(16)17)15-21(18,19)9-4-2-8(3-5-9)20-6-11(12,13)14/h2-5,7,15H,6H2,1H3,(H,16,17). The van der Waals surface area contributed by atoms with E-state index in [1.165, 1.54) is 0 Å². The first kappa shape index (κ1) is 17.2. The molecule has 2 N–H and O–H groups in total. The Morgan fingerprint density at radius 3 is 2.29 bits per heavy atom. The summed E-state index contributed by atoms with van der Waals surface area (Å²) in [5.74, 6) is -1.51. The summed E-state index contributed by atoms with van der Waals surface area (Å²) in [6.07, 6.45) is -4.50. The highest BCUT2D eigenvalue weighted by Gasteiger charge is 2.28. The summed E-state index contributed by atoms with van der Waals surface area (Å²) in [5, 5.41) is 8.63. The largest absolute Gasteiger partial charge is 0.484 e. The van der Waals surface area contributed by atoms with Gasteiger partial charge in [-0.3, -0.25) is 4.79 Å². The minimum atomic E-state index is -4.50. The number of ether oxygens (including phenoxy) is 1. The highest BCUT2D eigenvalue weighted by Crippen LogP contribution is 2.20. The van der Waals surface area contributed by atoms with Crippen LogP contribution in [0.5, 0.6) is 5.75 Å². The van der Waals surface area contributed by atoms with E-state index in [0.717, 1.165) is 31.2 Å². The summed E-state index contributed by atoms with van der Waals surface area (Å²) in [7, 11) is -4.07. The summed E-state index contributed by atoms with van der Waals surface area (Å²) in [6.45, 7) is -0.353. The number of sulfonamides is 1. The van der Waals surface area contributed by atoms with Crippen LogP contribution in [0.1, 0.15) is 6.92 Å². The molecule has 0 spiro atoms. The zero-order chi connectivity index (χ0) is 16.3. The van der Waals surface area contributed by atoms with Crippen molar-refractivity contribution in [1.82, 2.24) is 4.72 Å². The predicted molar refractivity (Wildman–Crippen MR) is 65.4 cm³/mol. The molecule has 0 amide bonds. The highest BCUT2D eigenvalue weighted by molar-refractivity contribution is 7.89. The summed E-state index contributed by atoms with van der Waals surface area (Å²) in [4.78, 5) is 10.3. The van der Waals surface area contributed by atoms with Crippen LogP contribution in [0.15, 0.2) is 29.2 Å². The van der Waals surface area contributed by atoms with Crippen molar-refractivity contribution < 1.29 is 36.2 Å². The minimum absolute atomic E-state index is 0.155. The maximum Gasteiger partial charge on any atom is 0.422 e. The first-order chi connectivity index (χ1) is 9.51. The Morgan fingerprint density at radius 2 is 1.86 bits per heavy atom. The van der Waals surface area contributed by atoms with Gasteiger partial charge in [0.15, 0.2) is 6.61 Å². The third-order valence-electron chi connectivity index (χ3n) is 2.24. The van der Waals surface area contributed by atoms with E-state index >= 15 is 0 Å². The minimum Gasteiger partial charge on any atom is -0.484 e. The average molecular weight is 327 g/mol. The van der Waals surface area contributed by atoms with Gasteiger partial charge in [0.1, 0.15) is 11.8 Å². The quantitative estimate of drug-likeness (QED) is 0.823. The van der Waals surface area contributed by atoms with Gasteiger partial charge in [0.2, 0.25) is 10.0 Å². The van der Waals surface area contributed by atoms with E-state index in [1.807, 2.05) is 4.72 Å². The highest BCUT2D eigenvalue weighted by atomic mass is 32.2. The molecule has 0 heterocycles. The van der Waals surface area contributed by atoms with E-state index in [1.54, 1.807) is 0 Å². The first-order valence-corrected chi connectivity index (χ1v) is 7.04. The number of alkyl halides is 3. The van der Waals surface area contributed by atoms with Gasteiger partial charge >= 0.3 is 12.1 Å². The van der Waals surface area contributed by atoms with Crippen LogP contribution < -0.4 is 9.46 Å². The van der Waals surface area contributed by atoms with E-state index in [4.69, 9.17) is 5.11 Å². The molecule has 10 heteroatoms. The molecule has 0 radical (unpaired) electrons. The SMILES string of the molecule is CC(NS(=O)(=O)c1ccc(OCC(F)(F)F)cc1)C(=O)O. The normalized spacial score (nSPS) is 13.7. The number of carbonyl (C=O) groups is 1. The molecule has 1 rings (SSSR count). The van der Waals surface area contributed by atoms with E-state index < -0.39 is 34.8 Å². The molecule has 0 saturated carbocycles. The molecule has 0 aliphatic heterocycles. The lowest BCUT2D eigenvalue weighted by atomic mass is 10.3. The fourth-order valence-electron chi connectivity index (χ4n) is 1.23. The Morgan fingerprint density at radius 1 is 1.33 bits per heavy atom. The Balaban J connectivity index is 2.79. The van der Waals surface area contributed by atoms with Crippen molar-refractivity contribution in [3.63, 3.8) is 0 Å². The Labute approximate surface area is 118 Å². The summed E-state index contributed by atoms with van der Waals surface area (Å²) >= 11 is 0. The van der Waals surface area contributed by atoms with Crippen molar-refractivity contribution in [2.75, 3.05) is 6.61 Å². The van der Waals surface area contributed by atoms with Crippen molar-refractivity contribution in [2.45, 2.75) is 24.0 Å². The Bertz CT molecular complexity index is 597. The maximum atomic E-state index is 11.9. The molecule has 1 unspecified atom stereocenters. The molecule has 0 aliphatic carbocycles. The van der Waals surface area contributed by atoms with Crippen LogP contribution in [0.3, 0.4) is 0 Å². The first-order valence-electron chi connectivity index (χ1n) is 5.56. The van der Waals surface area contributed by atoms with Gasteiger partial charge < -0.3 is 9.84 Å². The maximum absolute atomic E-state index is 11.9. The van der Waals surface area contributed by atoms with E-state index in [-0.39, 0.29) is 10.6 Å². The van der Waals surface area contributed by atoms with Gasteiger partial charge in [0.05, 0.1) is 4.90 Å². The number of carboxylic acids is 1. The van der Waals surface area contributed by atoms with E-state index in [2.05, 4.69) is 4.74 Å². The second-order valence-corrected chi connectivity index (χ2v) is 5.77. The lowest BCUT2D eigenvalue weighted by Gasteiger charge is -2.12. The van der Waals surface area contributed by atoms with Crippen molar-refractivity contribution in [3.05, 3.63) is 24.3 Å². The zero-order valence-corrected chi connectivity index (χ0v) is 11.5. The van der Waals surface area contributed by atoms with Gasteiger partial charge in [-0.2, -0.15) is 17.9 Å². The van der Waals surface area contributed by atoms with Crippen molar-refractivity contribution >= 4 is 16.0 Å². The number of rotatable bonds is 6. The molecule has 0 saturated heterocycles. The van der Waals surface area contributed by atoms with Crippen molar-refractivity contribution in [1.29, 1.82) is 0 Å². The molecular weight excluding hydrogens is 315 g/mol. The second kappa shape index (κ2) is 6.31. The molecule has 0 aliphatic rings.